The van der Waals surface area contributed by atoms with Crippen LogP contribution >= 0.6 is 0 Å². The summed E-state index contributed by atoms with van der Waals surface area (Å²) in [5.74, 6) is 1.67. The normalized spacial score (nSPS) is 18.5. The number of carbonyl (C=O) groups excluding carboxylic acids is 2. The van der Waals surface area contributed by atoms with E-state index in [-0.39, 0.29) is 18.5 Å². The molecule has 0 saturated heterocycles. The number of rotatable bonds is 2. The van der Waals surface area contributed by atoms with Crippen molar-refractivity contribution in [3.8, 4) is 23.0 Å². The number of methoxy groups -OCH3 is 2. The highest BCUT2D eigenvalue weighted by Gasteiger charge is 2.38. The Morgan fingerprint density at radius 1 is 1.00 bits per heavy atom. The van der Waals surface area contributed by atoms with Crippen molar-refractivity contribution in [2.75, 3.05) is 27.6 Å². The molecule has 0 N–H and O–H groups in total. The van der Waals surface area contributed by atoms with Crippen LogP contribution in [0.25, 0.3) is 5.70 Å². The number of ketones is 1. The summed E-state index contributed by atoms with van der Waals surface area (Å²) >= 11 is 0. The van der Waals surface area contributed by atoms with Crippen LogP contribution in [0.3, 0.4) is 0 Å². The fourth-order valence-electron chi connectivity index (χ4n) is 3.97. The van der Waals surface area contributed by atoms with Gasteiger partial charge in [0.2, 0.25) is 6.79 Å². The van der Waals surface area contributed by atoms with Crippen molar-refractivity contribution in [3.63, 3.8) is 0 Å². The second-order valence-corrected chi connectivity index (χ2v) is 6.69. The molecule has 0 aromatic heterocycles. The Hall–Kier alpha value is -3.48. The monoisotopic (exact) mass is 379 g/mol. The first-order chi connectivity index (χ1) is 13.6. The number of allylic oxidation sites excluding steroid dienone is 1. The fourth-order valence-corrected chi connectivity index (χ4v) is 3.97. The van der Waals surface area contributed by atoms with Crippen LogP contribution in [0.2, 0.25) is 0 Å². The van der Waals surface area contributed by atoms with Crippen LogP contribution in [0.15, 0.2) is 30.3 Å². The molecule has 0 radical (unpaired) electrons. The molecule has 0 spiro atoms. The molecule has 7 heteroatoms. The van der Waals surface area contributed by atoms with Crippen molar-refractivity contribution in [2.45, 2.75) is 6.42 Å². The van der Waals surface area contributed by atoms with Gasteiger partial charge in [0.05, 0.1) is 25.5 Å². The van der Waals surface area contributed by atoms with Gasteiger partial charge in [-0.2, -0.15) is 0 Å². The molecule has 3 heterocycles. The third-order valence-electron chi connectivity index (χ3n) is 5.31. The lowest BCUT2D eigenvalue weighted by Gasteiger charge is -2.21. The third-order valence-corrected chi connectivity index (χ3v) is 5.31. The maximum absolute atomic E-state index is 13.1. The second kappa shape index (κ2) is 6.02. The number of hydrogen-bond acceptors (Lipinski definition) is 6. The smallest absolute Gasteiger partial charge is 0.262 e. The van der Waals surface area contributed by atoms with Gasteiger partial charge in [0.1, 0.15) is 0 Å². The van der Waals surface area contributed by atoms with Gasteiger partial charge in [-0.1, -0.05) is 0 Å². The molecule has 28 heavy (non-hydrogen) atoms. The Morgan fingerprint density at radius 3 is 2.54 bits per heavy atom. The molecule has 0 bridgehead atoms. The molecule has 2 aromatic rings. The van der Waals surface area contributed by atoms with E-state index in [2.05, 4.69) is 0 Å². The molecule has 0 unspecified atom stereocenters. The van der Waals surface area contributed by atoms with E-state index in [0.717, 1.165) is 5.56 Å². The van der Waals surface area contributed by atoms with E-state index in [4.69, 9.17) is 18.9 Å². The lowest BCUT2D eigenvalue weighted by molar-refractivity contribution is 0.0847. The maximum atomic E-state index is 13.1. The number of hydrogen-bond donors (Lipinski definition) is 0. The van der Waals surface area contributed by atoms with Gasteiger partial charge in [-0.25, -0.2) is 0 Å². The van der Waals surface area contributed by atoms with E-state index >= 15 is 0 Å². The Morgan fingerprint density at radius 2 is 1.79 bits per heavy atom. The molecule has 0 atom stereocenters. The molecule has 2 aromatic carbocycles. The zero-order chi connectivity index (χ0) is 19.4. The van der Waals surface area contributed by atoms with Gasteiger partial charge in [-0.15, -0.1) is 0 Å². The summed E-state index contributed by atoms with van der Waals surface area (Å²) in [4.78, 5) is 27.8. The molecular formula is C21H17NO6. The van der Waals surface area contributed by atoms with E-state index in [1.165, 1.54) is 20.3 Å². The average molecular weight is 379 g/mol. The van der Waals surface area contributed by atoms with Crippen LogP contribution in [-0.2, 0) is 6.42 Å². The van der Waals surface area contributed by atoms with Crippen molar-refractivity contribution in [1.82, 2.24) is 4.90 Å². The minimum absolute atomic E-state index is 0.146. The van der Waals surface area contributed by atoms with Crippen LogP contribution in [0.5, 0.6) is 23.0 Å². The summed E-state index contributed by atoms with van der Waals surface area (Å²) in [7, 11) is 3.02. The first-order valence-electron chi connectivity index (χ1n) is 8.88. The Bertz CT molecular complexity index is 1070. The minimum atomic E-state index is -0.200. The van der Waals surface area contributed by atoms with Gasteiger partial charge < -0.3 is 23.8 Å². The van der Waals surface area contributed by atoms with E-state index in [1.54, 1.807) is 23.1 Å². The van der Waals surface area contributed by atoms with Crippen molar-refractivity contribution in [1.29, 1.82) is 0 Å². The maximum Gasteiger partial charge on any atom is 0.262 e. The molecular weight excluding hydrogens is 362 g/mol. The summed E-state index contributed by atoms with van der Waals surface area (Å²) in [6.07, 6.45) is 2.03. The largest absolute Gasteiger partial charge is 0.493 e. The summed E-state index contributed by atoms with van der Waals surface area (Å²) in [6.45, 7) is 0.581. The van der Waals surface area contributed by atoms with E-state index < -0.39 is 0 Å². The minimum Gasteiger partial charge on any atom is -0.493 e. The van der Waals surface area contributed by atoms with E-state index in [9.17, 15) is 9.59 Å². The third kappa shape index (κ3) is 2.22. The summed E-state index contributed by atoms with van der Waals surface area (Å²) in [5.41, 5.74) is 3.06. The average Bonchev–Trinajstić information content (AvgIpc) is 3.26. The van der Waals surface area contributed by atoms with E-state index in [1.807, 2.05) is 6.07 Å². The molecule has 5 rings (SSSR count). The molecule has 0 aliphatic carbocycles. The number of carbonyl (C=O) groups is 2. The summed E-state index contributed by atoms with van der Waals surface area (Å²) in [5, 5.41) is 0. The molecule has 3 aliphatic rings. The van der Waals surface area contributed by atoms with Gasteiger partial charge >= 0.3 is 0 Å². The molecule has 0 saturated carbocycles. The quantitative estimate of drug-likeness (QED) is 0.799. The predicted molar refractivity (Wildman–Crippen MR) is 99.2 cm³/mol. The fraction of sp³-hybridized carbons (Fsp3) is 0.238. The lowest BCUT2D eigenvalue weighted by atomic mass is 9.96. The topological polar surface area (TPSA) is 74.3 Å². The zero-order valence-corrected chi connectivity index (χ0v) is 15.4. The van der Waals surface area contributed by atoms with Crippen LogP contribution in [0.1, 0.15) is 31.8 Å². The number of ether oxygens (including phenoxy) is 4. The first-order valence-corrected chi connectivity index (χ1v) is 8.88. The van der Waals surface area contributed by atoms with Crippen molar-refractivity contribution in [3.05, 3.63) is 52.6 Å². The van der Waals surface area contributed by atoms with Crippen molar-refractivity contribution < 1.29 is 28.5 Å². The SMILES string of the molecule is COc1ccc2c(c1OC)C(=O)N1CCc3cc4c(cc3C(=O)/C=C/21)OCO4. The standard InChI is InChI=1S/C21H17NO6/c1-25-16-4-3-12-14-9-15(23)13-8-18-17(27-10-28-18)7-11(13)5-6-22(14)21(24)19(12)20(16)26-2/h3-4,7-9H,5-6,10H2,1-2H3/b14-9-. The predicted octanol–water partition coefficient (Wildman–Crippen LogP) is 2.67. The molecule has 1 amide bonds. The lowest BCUT2D eigenvalue weighted by Crippen LogP contribution is -2.28. The Balaban J connectivity index is 1.66. The van der Waals surface area contributed by atoms with Gasteiger partial charge in [0, 0.05) is 23.7 Å². The molecule has 0 fully saturated rings. The van der Waals surface area contributed by atoms with Crippen LogP contribution in [0, 0.1) is 0 Å². The summed E-state index contributed by atoms with van der Waals surface area (Å²) in [6, 6.07) is 7.07. The number of amides is 1. The highest BCUT2D eigenvalue weighted by Crippen LogP contribution is 2.44. The number of benzene rings is 2. The second-order valence-electron chi connectivity index (χ2n) is 6.69. The number of nitrogens with zero attached hydrogens (tertiary/aromatic N) is 1. The molecule has 7 nitrogen and oxygen atoms in total. The van der Waals surface area contributed by atoms with Gasteiger partial charge in [0.15, 0.2) is 28.8 Å². The number of fused-ring (bicyclic) bond motifs is 5. The zero-order valence-electron chi connectivity index (χ0n) is 15.4. The van der Waals surface area contributed by atoms with Crippen LogP contribution in [-0.4, -0.2) is 44.1 Å². The van der Waals surface area contributed by atoms with Crippen molar-refractivity contribution >= 4 is 17.4 Å². The Labute approximate surface area is 161 Å². The van der Waals surface area contributed by atoms with Crippen LogP contribution < -0.4 is 18.9 Å². The summed E-state index contributed by atoms with van der Waals surface area (Å²) < 4.78 is 21.6. The van der Waals surface area contributed by atoms with Gasteiger partial charge in [-0.3, -0.25) is 9.59 Å². The highest BCUT2D eigenvalue weighted by atomic mass is 16.7. The molecule has 142 valence electrons. The Kier molecular flexibility index (Phi) is 3.58. The van der Waals surface area contributed by atoms with E-state index in [0.29, 0.717) is 58.4 Å². The molecule has 3 aliphatic heterocycles. The van der Waals surface area contributed by atoms with Crippen molar-refractivity contribution in [2.24, 2.45) is 0 Å². The van der Waals surface area contributed by atoms with Gasteiger partial charge in [0.25, 0.3) is 5.91 Å². The highest BCUT2D eigenvalue weighted by molar-refractivity contribution is 6.17. The van der Waals surface area contributed by atoms with Gasteiger partial charge in [-0.05, 0) is 36.2 Å². The van der Waals surface area contributed by atoms with Crippen LogP contribution in [0.4, 0.5) is 0 Å². The first kappa shape index (κ1) is 16.7.